The number of carboxylic acid groups (broad SMARTS) is 1. The molecular formula is C14H16N2O3. The van der Waals surface area contributed by atoms with Crippen molar-refractivity contribution in [2.24, 2.45) is 0 Å². The van der Waals surface area contributed by atoms with Gasteiger partial charge >= 0.3 is 5.97 Å². The minimum Gasteiger partial charge on any atom is -0.496 e. The minimum atomic E-state index is -0.829. The van der Waals surface area contributed by atoms with Crippen LogP contribution in [0.25, 0.3) is 11.1 Å². The van der Waals surface area contributed by atoms with E-state index in [1.165, 1.54) is 0 Å². The standard InChI is InChI=1S/C14H16N2O3/c1-10-3-4-13(19-2)12(7-10)11-8-15-16(9-11)6-5-14(17)18/h3-4,7-9H,5-6H2,1-2H3,(H,17,18). The van der Waals surface area contributed by atoms with Gasteiger partial charge in [-0.2, -0.15) is 5.10 Å². The number of nitrogens with zero attached hydrogens (tertiary/aromatic N) is 2. The molecule has 0 amide bonds. The van der Waals surface area contributed by atoms with Crippen LogP contribution in [0.5, 0.6) is 5.75 Å². The van der Waals surface area contributed by atoms with Gasteiger partial charge in [0.1, 0.15) is 5.75 Å². The van der Waals surface area contributed by atoms with Crippen LogP contribution in [0.4, 0.5) is 0 Å². The molecule has 0 fully saturated rings. The molecule has 0 atom stereocenters. The number of aromatic nitrogens is 2. The first-order chi connectivity index (χ1) is 9.10. The first-order valence-electron chi connectivity index (χ1n) is 5.99. The summed E-state index contributed by atoms with van der Waals surface area (Å²) in [7, 11) is 1.63. The van der Waals surface area contributed by atoms with E-state index < -0.39 is 5.97 Å². The third kappa shape index (κ3) is 3.13. The highest BCUT2D eigenvalue weighted by Gasteiger charge is 2.09. The fourth-order valence-corrected chi connectivity index (χ4v) is 1.88. The van der Waals surface area contributed by atoms with Gasteiger partial charge in [-0.15, -0.1) is 0 Å². The molecule has 5 nitrogen and oxygen atoms in total. The number of carboxylic acids is 1. The lowest BCUT2D eigenvalue weighted by Gasteiger charge is -2.07. The molecular weight excluding hydrogens is 244 g/mol. The molecule has 0 radical (unpaired) electrons. The molecule has 2 aromatic rings. The summed E-state index contributed by atoms with van der Waals surface area (Å²) in [5, 5.41) is 12.8. The SMILES string of the molecule is COc1ccc(C)cc1-c1cnn(CCC(=O)O)c1. The number of hydrogen-bond acceptors (Lipinski definition) is 3. The molecule has 0 aliphatic carbocycles. The van der Waals surface area contributed by atoms with E-state index in [1.54, 1.807) is 18.0 Å². The Morgan fingerprint density at radius 3 is 2.95 bits per heavy atom. The summed E-state index contributed by atoms with van der Waals surface area (Å²) in [4.78, 5) is 10.5. The van der Waals surface area contributed by atoms with Crippen molar-refractivity contribution in [1.29, 1.82) is 0 Å². The Bertz CT molecular complexity index is 590. The second-order valence-corrected chi connectivity index (χ2v) is 4.34. The number of methoxy groups -OCH3 is 1. The van der Waals surface area contributed by atoms with Crippen LogP contribution in [-0.2, 0) is 11.3 Å². The Balaban J connectivity index is 2.27. The third-order valence-corrected chi connectivity index (χ3v) is 2.85. The van der Waals surface area contributed by atoms with Crippen LogP contribution in [0.1, 0.15) is 12.0 Å². The van der Waals surface area contributed by atoms with Crippen LogP contribution < -0.4 is 4.74 Å². The zero-order valence-electron chi connectivity index (χ0n) is 11.0. The average Bonchev–Trinajstić information content (AvgIpc) is 2.85. The number of rotatable bonds is 5. The second kappa shape index (κ2) is 5.56. The highest BCUT2D eigenvalue weighted by molar-refractivity contribution is 5.70. The van der Waals surface area contributed by atoms with Crippen molar-refractivity contribution >= 4 is 5.97 Å². The van der Waals surface area contributed by atoms with Gasteiger partial charge in [0.05, 0.1) is 26.3 Å². The minimum absolute atomic E-state index is 0.0616. The van der Waals surface area contributed by atoms with Gasteiger partial charge in [-0.05, 0) is 19.1 Å². The summed E-state index contributed by atoms with van der Waals surface area (Å²) < 4.78 is 6.96. The van der Waals surface area contributed by atoms with Crippen LogP contribution in [0.3, 0.4) is 0 Å². The molecule has 0 aliphatic heterocycles. The Morgan fingerprint density at radius 1 is 1.47 bits per heavy atom. The first kappa shape index (κ1) is 13.1. The highest BCUT2D eigenvalue weighted by Crippen LogP contribution is 2.30. The summed E-state index contributed by atoms with van der Waals surface area (Å²) in [6, 6.07) is 5.92. The predicted octanol–water partition coefficient (Wildman–Crippen LogP) is 2.34. The largest absolute Gasteiger partial charge is 0.496 e. The van der Waals surface area contributed by atoms with Crippen molar-refractivity contribution in [1.82, 2.24) is 9.78 Å². The van der Waals surface area contributed by atoms with Crippen LogP contribution in [0.2, 0.25) is 0 Å². The van der Waals surface area contributed by atoms with Gasteiger partial charge in [0, 0.05) is 17.3 Å². The van der Waals surface area contributed by atoms with E-state index in [2.05, 4.69) is 5.10 Å². The number of aryl methyl sites for hydroxylation is 2. The van der Waals surface area contributed by atoms with Crippen molar-refractivity contribution in [3.63, 3.8) is 0 Å². The van der Waals surface area contributed by atoms with Crippen LogP contribution in [0.15, 0.2) is 30.6 Å². The smallest absolute Gasteiger partial charge is 0.305 e. The monoisotopic (exact) mass is 260 g/mol. The number of carbonyl (C=O) groups is 1. The molecule has 0 saturated heterocycles. The van der Waals surface area contributed by atoms with Crippen molar-refractivity contribution < 1.29 is 14.6 Å². The molecule has 5 heteroatoms. The molecule has 0 aliphatic rings. The van der Waals surface area contributed by atoms with Crippen molar-refractivity contribution in [2.75, 3.05) is 7.11 Å². The molecule has 1 N–H and O–H groups in total. The summed E-state index contributed by atoms with van der Waals surface area (Å²) in [6.07, 6.45) is 3.62. The topological polar surface area (TPSA) is 64.4 Å². The predicted molar refractivity (Wildman–Crippen MR) is 71.2 cm³/mol. The van der Waals surface area contributed by atoms with E-state index in [0.717, 1.165) is 22.4 Å². The quantitative estimate of drug-likeness (QED) is 0.896. The maximum atomic E-state index is 10.5. The number of benzene rings is 1. The molecule has 1 aromatic carbocycles. The van der Waals surface area contributed by atoms with Crippen molar-refractivity contribution in [3.05, 3.63) is 36.2 Å². The summed E-state index contributed by atoms with van der Waals surface area (Å²) in [6.45, 7) is 2.38. The van der Waals surface area contributed by atoms with Gasteiger partial charge in [0.25, 0.3) is 0 Å². The van der Waals surface area contributed by atoms with Crippen molar-refractivity contribution in [3.8, 4) is 16.9 Å². The van der Waals surface area contributed by atoms with E-state index in [4.69, 9.17) is 9.84 Å². The summed E-state index contributed by atoms with van der Waals surface area (Å²) >= 11 is 0. The average molecular weight is 260 g/mol. The van der Waals surface area contributed by atoms with Gasteiger partial charge in [-0.3, -0.25) is 9.48 Å². The lowest BCUT2D eigenvalue weighted by molar-refractivity contribution is -0.137. The molecule has 1 aromatic heterocycles. The maximum Gasteiger partial charge on any atom is 0.305 e. The fourth-order valence-electron chi connectivity index (χ4n) is 1.88. The van der Waals surface area contributed by atoms with Gasteiger partial charge in [-0.1, -0.05) is 11.6 Å². The van der Waals surface area contributed by atoms with E-state index in [0.29, 0.717) is 6.54 Å². The normalized spacial score (nSPS) is 10.4. The second-order valence-electron chi connectivity index (χ2n) is 4.34. The molecule has 19 heavy (non-hydrogen) atoms. The van der Waals surface area contributed by atoms with E-state index in [9.17, 15) is 4.79 Å². The maximum absolute atomic E-state index is 10.5. The van der Waals surface area contributed by atoms with E-state index in [1.807, 2.05) is 31.3 Å². The lowest BCUT2D eigenvalue weighted by atomic mass is 10.1. The number of ether oxygens (including phenoxy) is 1. The molecule has 0 unspecified atom stereocenters. The van der Waals surface area contributed by atoms with Crippen LogP contribution >= 0.6 is 0 Å². The zero-order valence-corrected chi connectivity index (χ0v) is 11.0. The molecule has 2 rings (SSSR count). The Labute approximate surface area is 111 Å². The van der Waals surface area contributed by atoms with Crippen molar-refractivity contribution in [2.45, 2.75) is 19.9 Å². The summed E-state index contributed by atoms with van der Waals surface area (Å²) in [5.74, 6) is -0.0476. The Morgan fingerprint density at radius 2 is 2.26 bits per heavy atom. The van der Waals surface area contributed by atoms with Gasteiger partial charge in [0.2, 0.25) is 0 Å². The molecule has 0 saturated carbocycles. The van der Waals surface area contributed by atoms with Crippen LogP contribution in [0, 0.1) is 6.92 Å². The molecule has 1 heterocycles. The van der Waals surface area contributed by atoms with E-state index >= 15 is 0 Å². The lowest BCUT2D eigenvalue weighted by Crippen LogP contribution is -2.04. The number of aliphatic carboxylic acids is 1. The number of hydrogen-bond donors (Lipinski definition) is 1. The fraction of sp³-hybridized carbons (Fsp3) is 0.286. The van der Waals surface area contributed by atoms with E-state index in [-0.39, 0.29) is 6.42 Å². The van der Waals surface area contributed by atoms with Gasteiger partial charge in [-0.25, -0.2) is 0 Å². The third-order valence-electron chi connectivity index (χ3n) is 2.85. The summed E-state index contributed by atoms with van der Waals surface area (Å²) in [5.41, 5.74) is 3.02. The highest BCUT2D eigenvalue weighted by atomic mass is 16.5. The first-order valence-corrected chi connectivity index (χ1v) is 5.99. The molecule has 0 bridgehead atoms. The zero-order chi connectivity index (χ0) is 13.8. The van der Waals surface area contributed by atoms with Gasteiger partial charge in [0.15, 0.2) is 0 Å². The van der Waals surface area contributed by atoms with Crippen LogP contribution in [-0.4, -0.2) is 28.0 Å². The molecule has 0 spiro atoms. The molecule has 100 valence electrons. The van der Waals surface area contributed by atoms with Gasteiger partial charge < -0.3 is 9.84 Å². The Hall–Kier alpha value is -2.30. The Kier molecular flexibility index (Phi) is 3.85.